The van der Waals surface area contributed by atoms with Gasteiger partial charge in [-0.05, 0) is 50.1 Å². The van der Waals surface area contributed by atoms with Crippen LogP contribution in [0.1, 0.15) is 50.8 Å². The third kappa shape index (κ3) is 5.54. The largest absolute Gasteiger partial charge is 0.325 e. The Morgan fingerprint density at radius 3 is 2.58 bits per heavy atom. The number of hydrogen-bond donors (Lipinski definition) is 1. The van der Waals surface area contributed by atoms with Crippen molar-refractivity contribution in [3.8, 4) is 5.69 Å². The first-order valence-electron chi connectivity index (χ1n) is 10.9. The molecule has 2 aromatic carbocycles. The normalized spacial score (nSPS) is 15.2. The van der Waals surface area contributed by atoms with E-state index in [0.717, 1.165) is 24.4 Å². The van der Waals surface area contributed by atoms with Crippen molar-refractivity contribution < 1.29 is 9.72 Å². The molecule has 1 aliphatic carbocycles. The van der Waals surface area contributed by atoms with E-state index in [-0.39, 0.29) is 11.6 Å². The summed E-state index contributed by atoms with van der Waals surface area (Å²) in [4.78, 5) is 23.1. The van der Waals surface area contributed by atoms with E-state index in [0.29, 0.717) is 21.8 Å². The first-order chi connectivity index (χ1) is 15.9. The number of nitro benzene ring substituents is 1. The van der Waals surface area contributed by atoms with Crippen molar-refractivity contribution in [2.45, 2.75) is 55.4 Å². The molecule has 10 heteroatoms. The highest BCUT2D eigenvalue weighted by Gasteiger charge is 2.26. The van der Waals surface area contributed by atoms with Gasteiger partial charge in [0.1, 0.15) is 5.82 Å². The number of thioether (sulfide) groups is 1. The fraction of sp³-hybridized carbons (Fsp3) is 0.348. The van der Waals surface area contributed by atoms with E-state index >= 15 is 0 Å². The molecule has 1 atom stereocenters. The molecule has 0 aliphatic heterocycles. The van der Waals surface area contributed by atoms with Gasteiger partial charge in [0, 0.05) is 28.8 Å². The molecule has 1 N–H and O–H groups in total. The summed E-state index contributed by atoms with van der Waals surface area (Å²) >= 11 is 7.58. The van der Waals surface area contributed by atoms with Crippen LogP contribution < -0.4 is 5.32 Å². The van der Waals surface area contributed by atoms with Crippen LogP contribution in [0.4, 0.5) is 11.4 Å². The maximum atomic E-state index is 12.8. The van der Waals surface area contributed by atoms with Gasteiger partial charge in [0.05, 0.1) is 15.9 Å². The Morgan fingerprint density at radius 2 is 1.91 bits per heavy atom. The fourth-order valence-corrected chi connectivity index (χ4v) is 5.02. The van der Waals surface area contributed by atoms with Crippen molar-refractivity contribution in [2.75, 3.05) is 5.32 Å². The topological polar surface area (TPSA) is 103 Å². The van der Waals surface area contributed by atoms with E-state index in [1.54, 1.807) is 6.92 Å². The van der Waals surface area contributed by atoms with Gasteiger partial charge in [0.15, 0.2) is 5.16 Å². The van der Waals surface area contributed by atoms with Gasteiger partial charge in [-0.25, -0.2) is 0 Å². The molecule has 0 radical (unpaired) electrons. The van der Waals surface area contributed by atoms with E-state index < -0.39 is 10.2 Å². The van der Waals surface area contributed by atoms with Gasteiger partial charge >= 0.3 is 0 Å². The van der Waals surface area contributed by atoms with Gasteiger partial charge < -0.3 is 5.32 Å². The van der Waals surface area contributed by atoms with Crippen molar-refractivity contribution in [3.63, 3.8) is 0 Å². The molecule has 0 saturated heterocycles. The lowest BCUT2D eigenvalue weighted by molar-refractivity contribution is -0.384. The van der Waals surface area contributed by atoms with E-state index in [9.17, 15) is 14.9 Å². The number of non-ortho nitro benzene ring substituents is 1. The van der Waals surface area contributed by atoms with Gasteiger partial charge in [0.2, 0.25) is 5.91 Å². The van der Waals surface area contributed by atoms with Crippen molar-refractivity contribution >= 4 is 40.6 Å². The second-order valence-corrected chi connectivity index (χ2v) is 9.79. The van der Waals surface area contributed by atoms with Gasteiger partial charge in [-0.1, -0.05) is 48.7 Å². The summed E-state index contributed by atoms with van der Waals surface area (Å²) < 4.78 is 2.02. The molecule has 33 heavy (non-hydrogen) atoms. The quantitative estimate of drug-likeness (QED) is 0.250. The molecule has 4 rings (SSSR count). The standard InChI is InChI=1S/C23H24ClN5O3S/c1-15(22(30)25-18-10-12-19(13-11-18)29(31)32)33-23-27-26-21(16-6-3-2-4-7-16)28(23)20-9-5-8-17(24)14-20/h5,8-16H,2-4,6-7H2,1H3,(H,25,30)/t15-/m0/s1. The Kier molecular flexibility index (Phi) is 7.29. The van der Waals surface area contributed by atoms with E-state index in [4.69, 9.17) is 11.6 Å². The highest BCUT2D eigenvalue weighted by Crippen LogP contribution is 2.36. The maximum absolute atomic E-state index is 12.8. The van der Waals surface area contributed by atoms with Crippen molar-refractivity contribution in [1.82, 2.24) is 14.8 Å². The second kappa shape index (κ2) is 10.4. The van der Waals surface area contributed by atoms with Gasteiger partial charge in [-0.15, -0.1) is 10.2 Å². The third-order valence-corrected chi connectivity index (χ3v) is 6.97. The summed E-state index contributed by atoms with van der Waals surface area (Å²) in [5.74, 6) is 1.000. The number of hydrogen-bond acceptors (Lipinski definition) is 6. The van der Waals surface area contributed by atoms with Crippen LogP contribution in [0.2, 0.25) is 5.02 Å². The Bertz CT molecular complexity index is 1150. The van der Waals surface area contributed by atoms with Crippen LogP contribution in [-0.2, 0) is 4.79 Å². The molecule has 3 aromatic rings. The number of nitro groups is 1. The lowest BCUT2D eigenvalue weighted by Crippen LogP contribution is -2.23. The molecular formula is C23H24ClN5O3S. The predicted octanol–water partition coefficient (Wildman–Crippen LogP) is 6.00. The summed E-state index contributed by atoms with van der Waals surface area (Å²) in [6.45, 7) is 1.79. The van der Waals surface area contributed by atoms with E-state index in [1.807, 2.05) is 28.8 Å². The first kappa shape index (κ1) is 23.3. The van der Waals surface area contributed by atoms with Crippen molar-refractivity contribution in [3.05, 3.63) is 69.5 Å². The van der Waals surface area contributed by atoms with Crippen LogP contribution >= 0.6 is 23.4 Å². The third-order valence-electron chi connectivity index (χ3n) is 5.69. The van der Waals surface area contributed by atoms with Crippen LogP contribution in [0, 0.1) is 10.1 Å². The Labute approximate surface area is 200 Å². The van der Waals surface area contributed by atoms with Crippen LogP contribution in [0.15, 0.2) is 53.7 Å². The zero-order valence-electron chi connectivity index (χ0n) is 18.1. The van der Waals surface area contributed by atoms with Crippen LogP contribution in [0.5, 0.6) is 0 Å². The number of aromatic nitrogens is 3. The molecule has 0 unspecified atom stereocenters. The monoisotopic (exact) mass is 485 g/mol. The number of nitrogens with one attached hydrogen (secondary N) is 1. The summed E-state index contributed by atoms with van der Waals surface area (Å²) in [6, 6.07) is 13.3. The van der Waals surface area contributed by atoms with Crippen LogP contribution in [-0.4, -0.2) is 30.8 Å². The number of amides is 1. The Balaban J connectivity index is 1.55. The SMILES string of the molecule is C[C@H](Sc1nnc(C2CCCCC2)n1-c1cccc(Cl)c1)C(=O)Nc1ccc([N+](=O)[O-])cc1. The van der Waals surface area contributed by atoms with Gasteiger partial charge in [-0.3, -0.25) is 19.5 Å². The number of rotatable bonds is 7. The van der Waals surface area contributed by atoms with Gasteiger partial charge in [0.25, 0.3) is 5.69 Å². The molecule has 8 nitrogen and oxygen atoms in total. The minimum Gasteiger partial charge on any atom is -0.325 e. The summed E-state index contributed by atoms with van der Waals surface area (Å²) in [5.41, 5.74) is 1.34. The number of carbonyl (C=O) groups is 1. The molecule has 1 heterocycles. The van der Waals surface area contributed by atoms with Crippen LogP contribution in [0.3, 0.4) is 0 Å². The van der Waals surface area contributed by atoms with E-state index in [1.165, 1.54) is 55.3 Å². The number of benzene rings is 2. The first-order valence-corrected chi connectivity index (χ1v) is 12.1. The van der Waals surface area contributed by atoms with E-state index in [2.05, 4.69) is 15.5 Å². The molecule has 1 amide bonds. The zero-order chi connectivity index (χ0) is 23.4. The highest BCUT2D eigenvalue weighted by atomic mass is 35.5. The minimum atomic E-state index is -0.476. The smallest absolute Gasteiger partial charge is 0.269 e. The molecular weight excluding hydrogens is 462 g/mol. The summed E-state index contributed by atoms with van der Waals surface area (Å²) in [5, 5.41) is 23.4. The lowest BCUT2D eigenvalue weighted by Gasteiger charge is -2.22. The Morgan fingerprint density at radius 1 is 1.18 bits per heavy atom. The molecule has 0 spiro atoms. The zero-order valence-corrected chi connectivity index (χ0v) is 19.7. The number of nitrogens with zero attached hydrogens (tertiary/aromatic N) is 4. The number of carbonyl (C=O) groups excluding carboxylic acids is 1. The fourth-order valence-electron chi connectivity index (χ4n) is 3.96. The molecule has 0 bridgehead atoms. The summed E-state index contributed by atoms with van der Waals surface area (Å²) in [6.07, 6.45) is 5.72. The molecule has 1 fully saturated rings. The number of anilines is 1. The number of halogens is 1. The maximum Gasteiger partial charge on any atom is 0.269 e. The average molecular weight is 486 g/mol. The summed E-state index contributed by atoms with van der Waals surface area (Å²) in [7, 11) is 0. The van der Waals surface area contributed by atoms with Gasteiger partial charge in [-0.2, -0.15) is 0 Å². The molecule has 1 aromatic heterocycles. The highest BCUT2D eigenvalue weighted by molar-refractivity contribution is 8.00. The second-order valence-electron chi connectivity index (χ2n) is 8.04. The Hall–Kier alpha value is -2.91. The average Bonchev–Trinajstić information content (AvgIpc) is 3.23. The molecule has 1 aliphatic rings. The van der Waals surface area contributed by atoms with Crippen molar-refractivity contribution in [2.24, 2.45) is 0 Å². The lowest BCUT2D eigenvalue weighted by atomic mass is 9.88. The predicted molar refractivity (Wildman–Crippen MR) is 129 cm³/mol. The molecule has 172 valence electrons. The van der Waals surface area contributed by atoms with Crippen molar-refractivity contribution in [1.29, 1.82) is 0 Å². The molecule has 1 saturated carbocycles. The minimum absolute atomic E-state index is 0.0275. The van der Waals surface area contributed by atoms with Crippen LogP contribution in [0.25, 0.3) is 5.69 Å².